The van der Waals surface area contributed by atoms with Crippen molar-refractivity contribution in [3.8, 4) is 0 Å². The lowest BCUT2D eigenvalue weighted by atomic mass is 10.1. The number of para-hydroxylation sites is 2. The summed E-state index contributed by atoms with van der Waals surface area (Å²) < 4.78 is 0. The zero-order chi connectivity index (χ0) is 17.7. The van der Waals surface area contributed by atoms with E-state index in [4.69, 9.17) is 0 Å². The van der Waals surface area contributed by atoms with Crippen LogP contribution in [0.25, 0.3) is 5.57 Å². The van der Waals surface area contributed by atoms with Crippen molar-refractivity contribution in [1.29, 1.82) is 0 Å². The van der Waals surface area contributed by atoms with E-state index in [0.29, 0.717) is 16.8 Å². The molecule has 2 aliphatic heterocycles. The van der Waals surface area contributed by atoms with Gasteiger partial charge in [-0.1, -0.05) is 36.4 Å². The van der Waals surface area contributed by atoms with Crippen LogP contribution < -0.4 is 9.80 Å². The molecule has 0 unspecified atom stereocenters. The first kappa shape index (κ1) is 15.7. The number of benzene rings is 2. The Morgan fingerprint density at radius 1 is 0.840 bits per heavy atom. The number of hydrogen-bond donors (Lipinski definition) is 0. The number of likely N-dealkylation sites (N-methyl/N-ethyl adjacent to an activating group) is 1. The van der Waals surface area contributed by atoms with Gasteiger partial charge in [-0.3, -0.25) is 14.4 Å². The second kappa shape index (κ2) is 5.60. The second-order valence-electron chi connectivity index (χ2n) is 5.88. The van der Waals surface area contributed by atoms with Crippen LogP contribution >= 0.6 is 11.8 Å². The molecule has 2 aliphatic rings. The van der Waals surface area contributed by atoms with Gasteiger partial charge >= 0.3 is 0 Å². The van der Waals surface area contributed by atoms with Crippen LogP contribution in [-0.2, 0) is 9.59 Å². The zero-order valence-corrected chi connectivity index (χ0v) is 14.5. The highest BCUT2D eigenvalue weighted by Gasteiger charge is 2.43. The van der Waals surface area contributed by atoms with Crippen molar-refractivity contribution in [1.82, 2.24) is 0 Å². The van der Waals surface area contributed by atoms with Crippen molar-refractivity contribution in [3.63, 3.8) is 0 Å². The number of aryl methyl sites for hydroxylation is 1. The average molecular weight is 350 g/mol. The lowest BCUT2D eigenvalue weighted by molar-refractivity contribution is -0.115. The van der Waals surface area contributed by atoms with Crippen molar-refractivity contribution in [2.45, 2.75) is 6.92 Å². The van der Waals surface area contributed by atoms with Gasteiger partial charge in [0.1, 0.15) is 0 Å². The summed E-state index contributed by atoms with van der Waals surface area (Å²) in [6.07, 6.45) is 0. The lowest BCUT2D eigenvalue weighted by Gasteiger charge is -2.15. The molecule has 3 amide bonds. The number of carbonyl (C=O) groups is 3. The fraction of sp³-hybridized carbons (Fsp3) is 0.105. The molecule has 0 bridgehead atoms. The summed E-state index contributed by atoms with van der Waals surface area (Å²) >= 11 is 0.822. The lowest BCUT2D eigenvalue weighted by Crippen LogP contribution is -2.29. The topological polar surface area (TPSA) is 57.7 Å². The highest BCUT2D eigenvalue weighted by atomic mass is 32.2. The Kier molecular flexibility index (Phi) is 3.51. The second-order valence-corrected chi connectivity index (χ2v) is 6.84. The number of amides is 3. The summed E-state index contributed by atoms with van der Waals surface area (Å²) in [5.74, 6) is -0.714. The van der Waals surface area contributed by atoms with Gasteiger partial charge in [0.25, 0.3) is 17.1 Å². The molecule has 6 heteroatoms. The molecular formula is C19H14N2O3S. The molecular weight excluding hydrogens is 336 g/mol. The Morgan fingerprint density at radius 2 is 1.48 bits per heavy atom. The summed E-state index contributed by atoms with van der Waals surface area (Å²) in [5, 5.41) is -0.387. The van der Waals surface area contributed by atoms with Crippen molar-refractivity contribution < 1.29 is 14.4 Å². The van der Waals surface area contributed by atoms with E-state index in [1.54, 1.807) is 25.2 Å². The molecule has 2 aromatic rings. The van der Waals surface area contributed by atoms with Gasteiger partial charge in [0.2, 0.25) is 0 Å². The van der Waals surface area contributed by atoms with Gasteiger partial charge in [0.15, 0.2) is 0 Å². The Labute approximate surface area is 148 Å². The Morgan fingerprint density at radius 3 is 2.20 bits per heavy atom. The first-order chi connectivity index (χ1) is 12.0. The molecule has 4 rings (SSSR count). The number of anilines is 2. The van der Waals surface area contributed by atoms with E-state index in [1.807, 2.05) is 37.3 Å². The quantitative estimate of drug-likeness (QED) is 0.738. The van der Waals surface area contributed by atoms with Crippen molar-refractivity contribution in [3.05, 3.63) is 64.6 Å². The minimum atomic E-state index is -0.447. The van der Waals surface area contributed by atoms with E-state index in [2.05, 4.69) is 0 Å². The summed E-state index contributed by atoms with van der Waals surface area (Å²) in [7, 11) is 1.67. The van der Waals surface area contributed by atoms with Crippen LogP contribution in [0.4, 0.5) is 16.2 Å². The maximum Gasteiger partial charge on any atom is 0.298 e. The largest absolute Gasteiger partial charge is 0.311 e. The van der Waals surface area contributed by atoms with Crippen LogP contribution in [-0.4, -0.2) is 24.1 Å². The number of thioether (sulfide) groups is 1. The highest BCUT2D eigenvalue weighted by molar-refractivity contribution is 8.19. The third kappa shape index (κ3) is 2.21. The van der Waals surface area contributed by atoms with E-state index in [0.717, 1.165) is 27.9 Å². The van der Waals surface area contributed by atoms with E-state index < -0.39 is 5.91 Å². The van der Waals surface area contributed by atoms with Crippen LogP contribution in [0, 0.1) is 6.92 Å². The summed E-state index contributed by atoms with van der Waals surface area (Å²) in [6, 6.07) is 14.5. The fourth-order valence-electron chi connectivity index (χ4n) is 3.13. The van der Waals surface area contributed by atoms with E-state index in [-0.39, 0.29) is 16.1 Å². The number of carbonyl (C=O) groups excluding carboxylic acids is 3. The molecule has 124 valence electrons. The van der Waals surface area contributed by atoms with Crippen molar-refractivity contribution in [2.24, 2.45) is 0 Å². The van der Waals surface area contributed by atoms with Crippen LogP contribution in [0.3, 0.4) is 0 Å². The average Bonchev–Trinajstić information content (AvgIpc) is 3.03. The van der Waals surface area contributed by atoms with Gasteiger partial charge in [-0.2, -0.15) is 0 Å². The Balaban J connectivity index is 1.87. The molecule has 5 nitrogen and oxygen atoms in total. The normalized spacial score (nSPS) is 19.8. The summed E-state index contributed by atoms with van der Waals surface area (Å²) in [5.41, 5.74) is 3.10. The number of imide groups is 1. The summed E-state index contributed by atoms with van der Waals surface area (Å²) in [6.45, 7) is 1.84. The summed E-state index contributed by atoms with van der Waals surface area (Å²) in [4.78, 5) is 41.0. The maximum atomic E-state index is 13.0. The number of nitrogens with zero attached hydrogens (tertiary/aromatic N) is 2. The van der Waals surface area contributed by atoms with Gasteiger partial charge in [0.05, 0.1) is 21.9 Å². The van der Waals surface area contributed by atoms with Gasteiger partial charge in [-0.25, -0.2) is 4.90 Å². The van der Waals surface area contributed by atoms with E-state index in [9.17, 15) is 14.4 Å². The van der Waals surface area contributed by atoms with Crippen LogP contribution in [0.5, 0.6) is 0 Å². The minimum Gasteiger partial charge on any atom is -0.311 e. The molecule has 1 saturated heterocycles. The van der Waals surface area contributed by atoms with Gasteiger partial charge in [-0.15, -0.1) is 0 Å². The number of hydrogen-bond acceptors (Lipinski definition) is 4. The molecule has 0 spiro atoms. The number of rotatable bonds is 1. The van der Waals surface area contributed by atoms with E-state index >= 15 is 0 Å². The zero-order valence-electron chi connectivity index (χ0n) is 13.6. The Bertz CT molecular complexity index is 980. The van der Waals surface area contributed by atoms with Crippen LogP contribution in [0.1, 0.15) is 11.1 Å². The predicted octanol–water partition coefficient (Wildman–Crippen LogP) is 3.58. The predicted molar refractivity (Wildman–Crippen MR) is 98.4 cm³/mol. The number of fused-ring (bicyclic) bond motifs is 1. The molecule has 25 heavy (non-hydrogen) atoms. The van der Waals surface area contributed by atoms with Gasteiger partial charge in [-0.05, 0) is 36.4 Å². The van der Waals surface area contributed by atoms with Crippen molar-refractivity contribution in [2.75, 3.05) is 16.8 Å². The minimum absolute atomic E-state index is 0.190. The molecule has 0 aliphatic carbocycles. The smallest absolute Gasteiger partial charge is 0.298 e. The first-order valence-electron chi connectivity index (χ1n) is 7.74. The third-order valence-electron chi connectivity index (χ3n) is 4.41. The molecule has 2 aromatic carbocycles. The molecule has 1 fully saturated rings. The first-order valence-corrected chi connectivity index (χ1v) is 8.56. The highest BCUT2D eigenvalue weighted by Crippen LogP contribution is 2.45. The standard InChI is InChI=1S/C19H14N2O3S/c1-11-7-3-5-9-13(11)21-18(23)16(25-19(21)24)15-12-8-4-6-10-14(12)20(2)17(15)22/h3-10H,1-2H3/b16-15-. The SMILES string of the molecule is Cc1ccccc1N1C(=O)S/C(=C2\C(=O)N(C)c3ccccc32)C1=O. The van der Waals surface area contributed by atoms with Crippen molar-refractivity contribution >= 4 is 45.8 Å². The third-order valence-corrected chi connectivity index (χ3v) is 5.35. The van der Waals surface area contributed by atoms with Gasteiger partial charge in [0, 0.05) is 12.6 Å². The fourth-order valence-corrected chi connectivity index (χ4v) is 4.06. The van der Waals surface area contributed by atoms with E-state index in [1.165, 1.54) is 4.90 Å². The molecule has 0 radical (unpaired) electrons. The molecule has 0 N–H and O–H groups in total. The maximum absolute atomic E-state index is 13.0. The molecule has 2 heterocycles. The van der Waals surface area contributed by atoms with Gasteiger partial charge < -0.3 is 4.90 Å². The Hall–Kier alpha value is -2.86. The van der Waals surface area contributed by atoms with Crippen LogP contribution in [0.15, 0.2) is 53.4 Å². The molecule has 0 atom stereocenters. The monoisotopic (exact) mass is 350 g/mol. The molecule has 0 saturated carbocycles. The van der Waals surface area contributed by atoms with Crippen LogP contribution in [0.2, 0.25) is 0 Å². The molecule has 0 aromatic heterocycles.